The van der Waals surface area contributed by atoms with Gasteiger partial charge in [0.25, 0.3) is 0 Å². The second kappa shape index (κ2) is 6.87. The maximum absolute atomic E-state index is 12.7. The molecule has 1 aromatic heterocycles. The molecule has 3 aromatic rings. The van der Waals surface area contributed by atoms with Crippen molar-refractivity contribution in [2.45, 2.75) is 0 Å². The van der Waals surface area contributed by atoms with Gasteiger partial charge in [-0.25, -0.2) is 0 Å². The van der Waals surface area contributed by atoms with Gasteiger partial charge in [-0.3, -0.25) is 4.79 Å². The zero-order chi connectivity index (χ0) is 18.8. The lowest BCUT2D eigenvalue weighted by Gasteiger charge is -2.15. The van der Waals surface area contributed by atoms with Crippen LogP contribution in [0.3, 0.4) is 0 Å². The monoisotopic (exact) mass is 358 g/mol. The van der Waals surface area contributed by atoms with Gasteiger partial charge in [0.15, 0.2) is 17.3 Å². The average Bonchev–Trinajstić information content (AvgIpc) is 2.66. The highest BCUT2D eigenvalue weighted by Gasteiger charge is 2.21. The van der Waals surface area contributed by atoms with E-state index in [0.29, 0.717) is 28.2 Å². The molecule has 0 saturated carbocycles. The zero-order valence-corrected chi connectivity index (χ0v) is 14.8. The second-order valence-electron chi connectivity index (χ2n) is 5.39. The van der Waals surface area contributed by atoms with Crippen LogP contribution in [0.2, 0.25) is 0 Å². The van der Waals surface area contributed by atoms with E-state index in [0.717, 1.165) is 0 Å². The minimum absolute atomic E-state index is 0.0124. The van der Waals surface area contributed by atoms with Crippen LogP contribution >= 0.6 is 0 Å². The van der Waals surface area contributed by atoms with Crippen LogP contribution in [-0.4, -0.2) is 33.5 Å². The molecule has 0 aliphatic heterocycles. The quantitative estimate of drug-likeness (QED) is 0.749. The van der Waals surface area contributed by atoms with Crippen LogP contribution in [0, 0.1) is 0 Å². The highest BCUT2D eigenvalue weighted by molar-refractivity contribution is 5.83. The van der Waals surface area contributed by atoms with E-state index in [1.165, 1.54) is 46.6 Å². The van der Waals surface area contributed by atoms with Crippen molar-refractivity contribution in [1.29, 1.82) is 0 Å². The lowest BCUT2D eigenvalue weighted by Crippen LogP contribution is -2.07. The summed E-state index contributed by atoms with van der Waals surface area (Å²) in [5.74, 6) is 1.44. The number of fused-ring (bicyclic) bond motifs is 1. The molecule has 0 aliphatic carbocycles. The van der Waals surface area contributed by atoms with Crippen LogP contribution in [0.4, 0.5) is 0 Å². The summed E-state index contributed by atoms with van der Waals surface area (Å²) in [5.41, 5.74) is 0.385. The van der Waals surface area contributed by atoms with E-state index in [1.54, 1.807) is 12.1 Å². The molecule has 3 rings (SSSR count). The van der Waals surface area contributed by atoms with E-state index < -0.39 is 0 Å². The molecule has 0 atom stereocenters. The molecule has 0 aliphatic rings. The Hall–Kier alpha value is -3.35. The van der Waals surface area contributed by atoms with Crippen molar-refractivity contribution in [3.05, 3.63) is 40.6 Å². The average molecular weight is 358 g/mol. The highest BCUT2D eigenvalue weighted by Crippen LogP contribution is 2.43. The Labute approximate surface area is 149 Å². The molecule has 136 valence electrons. The van der Waals surface area contributed by atoms with Crippen molar-refractivity contribution in [2.75, 3.05) is 28.4 Å². The predicted octanol–water partition coefficient (Wildman–Crippen LogP) is 3.20. The van der Waals surface area contributed by atoms with Crippen LogP contribution in [-0.2, 0) is 0 Å². The SMILES string of the molecule is COc1cc(-c2oc3cc(O)ccc3c(=O)c2OC)cc(OC)c1OC. The summed E-state index contributed by atoms with van der Waals surface area (Å²) in [6.45, 7) is 0. The first-order valence-corrected chi connectivity index (χ1v) is 7.68. The van der Waals surface area contributed by atoms with Crippen LogP contribution in [0.25, 0.3) is 22.3 Å². The molecule has 0 saturated heterocycles. The number of phenolic OH excluding ortho intramolecular Hbond substituents is 1. The van der Waals surface area contributed by atoms with E-state index in [2.05, 4.69) is 0 Å². The molecule has 2 aromatic carbocycles. The Morgan fingerprint density at radius 3 is 2.00 bits per heavy atom. The normalized spacial score (nSPS) is 10.6. The Morgan fingerprint density at radius 2 is 1.46 bits per heavy atom. The summed E-state index contributed by atoms with van der Waals surface area (Å²) < 4.78 is 27.2. The molecule has 0 spiro atoms. The Kier molecular flexibility index (Phi) is 4.62. The zero-order valence-electron chi connectivity index (χ0n) is 14.8. The molecule has 1 N–H and O–H groups in total. The molecule has 7 heteroatoms. The van der Waals surface area contributed by atoms with Gasteiger partial charge in [-0.15, -0.1) is 0 Å². The van der Waals surface area contributed by atoms with E-state index in [1.807, 2.05) is 0 Å². The smallest absolute Gasteiger partial charge is 0.235 e. The molecule has 0 radical (unpaired) electrons. The summed E-state index contributed by atoms with van der Waals surface area (Å²) in [5, 5.41) is 9.99. The third kappa shape index (κ3) is 2.77. The van der Waals surface area contributed by atoms with Gasteiger partial charge >= 0.3 is 0 Å². The first-order chi connectivity index (χ1) is 12.5. The third-order valence-electron chi connectivity index (χ3n) is 3.97. The number of rotatable bonds is 5. The fourth-order valence-corrected chi connectivity index (χ4v) is 2.75. The van der Waals surface area contributed by atoms with Crippen molar-refractivity contribution < 1.29 is 28.5 Å². The van der Waals surface area contributed by atoms with Gasteiger partial charge in [0.1, 0.15) is 11.3 Å². The van der Waals surface area contributed by atoms with Crippen LogP contribution in [0.1, 0.15) is 0 Å². The summed E-state index contributed by atoms with van der Waals surface area (Å²) in [7, 11) is 5.87. The van der Waals surface area contributed by atoms with Gasteiger partial charge in [0, 0.05) is 11.6 Å². The van der Waals surface area contributed by atoms with Gasteiger partial charge in [-0.05, 0) is 24.3 Å². The minimum atomic E-state index is -0.350. The van der Waals surface area contributed by atoms with Gasteiger partial charge in [-0.2, -0.15) is 0 Å². The maximum atomic E-state index is 12.7. The molecular formula is C19H18O7. The fourth-order valence-electron chi connectivity index (χ4n) is 2.75. The summed E-state index contributed by atoms with van der Waals surface area (Å²) in [4.78, 5) is 12.7. The van der Waals surface area contributed by atoms with Crippen LogP contribution in [0.15, 0.2) is 39.5 Å². The highest BCUT2D eigenvalue weighted by atomic mass is 16.5. The van der Waals surface area contributed by atoms with Crippen molar-refractivity contribution in [2.24, 2.45) is 0 Å². The molecule has 1 heterocycles. The fraction of sp³-hybridized carbons (Fsp3) is 0.211. The Balaban J connectivity index is 2.36. The van der Waals surface area contributed by atoms with E-state index in [-0.39, 0.29) is 28.3 Å². The second-order valence-corrected chi connectivity index (χ2v) is 5.39. The van der Waals surface area contributed by atoms with Crippen molar-refractivity contribution >= 4 is 11.0 Å². The molecule has 0 amide bonds. The maximum Gasteiger partial charge on any atom is 0.235 e. The van der Waals surface area contributed by atoms with E-state index in [9.17, 15) is 9.90 Å². The number of ether oxygens (including phenoxy) is 4. The van der Waals surface area contributed by atoms with E-state index >= 15 is 0 Å². The molecule has 26 heavy (non-hydrogen) atoms. The predicted molar refractivity (Wildman–Crippen MR) is 95.8 cm³/mol. The number of hydrogen-bond acceptors (Lipinski definition) is 7. The first-order valence-electron chi connectivity index (χ1n) is 7.68. The number of hydrogen-bond donors (Lipinski definition) is 1. The molecule has 7 nitrogen and oxygen atoms in total. The van der Waals surface area contributed by atoms with Crippen LogP contribution in [0.5, 0.6) is 28.7 Å². The standard InChI is InChI=1S/C19H18O7/c1-22-14-7-10(8-15(23-2)18(14)24-3)17-19(25-4)16(21)12-6-5-11(20)9-13(12)26-17/h5-9,20H,1-4H3. The lowest BCUT2D eigenvalue weighted by molar-refractivity contribution is 0.324. The van der Waals surface area contributed by atoms with Gasteiger partial charge in [0.2, 0.25) is 16.9 Å². The molecule has 0 unspecified atom stereocenters. The third-order valence-corrected chi connectivity index (χ3v) is 3.97. The van der Waals surface area contributed by atoms with Crippen molar-refractivity contribution in [3.63, 3.8) is 0 Å². The van der Waals surface area contributed by atoms with Crippen LogP contribution < -0.4 is 24.4 Å². The largest absolute Gasteiger partial charge is 0.508 e. The minimum Gasteiger partial charge on any atom is -0.508 e. The Bertz CT molecular complexity index is 995. The molecule has 0 fully saturated rings. The van der Waals surface area contributed by atoms with Gasteiger partial charge in [0.05, 0.1) is 33.8 Å². The molecular weight excluding hydrogens is 340 g/mol. The summed E-state index contributed by atoms with van der Waals surface area (Å²) >= 11 is 0. The first kappa shape index (κ1) is 17.5. The number of phenols is 1. The molecule has 0 bridgehead atoms. The number of aromatic hydroxyl groups is 1. The topological polar surface area (TPSA) is 87.4 Å². The van der Waals surface area contributed by atoms with Gasteiger partial charge < -0.3 is 28.5 Å². The number of methoxy groups -OCH3 is 4. The lowest BCUT2D eigenvalue weighted by atomic mass is 10.1. The summed E-state index contributed by atoms with van der Waals surface area (Å²) in [6.07, 6.45) is 0. The summed E-state index contributed by atoms with van der Waals surface area (Å²) in [6, 6.07) is 7.57. The Morgan fingerprint density at radius 1 is 0.846 bits per heavy atom. The van der Waals surface area contributed by atoms with Gasteiger partial charge in [-0.1, -0.05) is 0 Å². The van der Waals surface area contributed by atoms with Crippen molar-refractivity contribution in [1.82, 2.24) is 0 Å². The number of benzene rings is 2. The van der Waals surface area contributed by atoms with E-state index in [4.69, 9.17) is 23.4 Å². The van der Waals surface area contributed by atoms with Crippen molar-refractivity contribution in [3.8, 4) is 40.1 Å².